The lowest BCUT2D eigenvalue weighted by Crippen LogP contribution is -2.14. The molecule has 2 aliphatic rings. The molecular weight excluding hydrogens is 184 g/mol. The van der Waals surface area contributed by atoms with E-state index < -0.39 is 0 Å². The van der Waals surface area contributed by atoms with Crippen molar-refractivity contribution in [2.45, 2.75) is 69.8 Å². The Kier molecular flexibility index (Phi) is 3.85. The molecule has 1 atom stereocenters. The van der Waals surface area contributed by atoms with E-state index in [9.17, 15) is 0 Å². The highest BCUT2D eigenvalue weighted by Gasteiger charge is 2.45. The molecule has 0 amide bonds. The van der Waals surface area contributed by atoms with Gasteiger partial charge in [-0.3, -0.25) is 0 Å². The molecule has 2 rings (SSSR count). The van der Waals surface area contributed by atoms with Gasteiger partial charge in [-0.15, -0.1) is 0 Å². The summed E-state index contributed by atoms with van der Waals surface area (Å²) >= 11 is 0. The van der Waals surface area contributed by atoms with E-state index in [0.29, 0.717) is 0 Å². The summed E-state index contributed by atoms with van der Waals surface area (Å²) in [5, 5.41) is 0. The summed E-state index contributed by atoms with van der Waals surface area (Å²) in [6.07, 6.45) is 13.6. The Bertz CT molecular complexity index is 215. The Hall–Kier alpha value is -0.300. The smallest absolute Gasteiger partial charge is 0.112 e. The first-order valence-corrected chi connectivity index (χ1v) is 6.66. The molecule has 2 fully saturated rings. The van der Waals surface area contributed by atoms with Gasteiger partial charge in [-0.25, -0.2) is 0 Å². The van der Waals surface area contributed by atoms with Crippen LogP contribution >= 0.6 is 0 Å². The first-order valence-electron chi connectivity index (χ1n) is 6.66. The fourth-order valence-electron chi connectivity index (χ4n) is 2.65. The quantitative estimate of drug-likeness (QED) is 0.429. The van der Waals surface area contributed by atoms with Gasteiger partial charge in [-0.1, -0.05) is 51.5 Å². The van der Waals surface area contributed by atoms with Gasteiger partial charge in [-0.05, 0) is 24.8 Å². The fourth-order valence-corrected chi connectivity index (χ4v) is 2.65. The van der Waals surface area contributed by atoms with E-state index >= 15 is 0 Å². The highest BCUT2D eigenvalue weighted by molar-refractivity contribution is 5.20. The van der Waals surface area contributed by atoms with Crippen LogP contribution in [0.5, 0.6) is 0 Å². The summed E-state index contributed by atoms with van der Waals surface area (Å²) in [4.78, 5) is 0. The lowest BCUT2D eigenvalue weighted by molar-refractivity contribution is 0.308. The molecule has 1 aliphatic carbocycles. The standard InChI is InChI=1S/C14H24O/c1-13-10-8-6-4-2-3-5-7-9-11-14(13)12-15-14/h1-12H2. The second kappa shape index (κ2) is 5.16. The molecule has 1 saturated heterocycles. The number of rotatable bonds is 0. The maximum atomic E-state index is 5.65. The maximum Gasteiger partial charge on any atom is 0.112 e. The molecule has 0 bridgehead atoms. The van der Waals surface area contributed by atoms with Crippen molar-refractivity contribution < 1.29 is 4.74 Å². The molecular formula is C14H24O. The van der Waals surface area contributed by atoms with E-state index in [1.807, 2.05) is 0 Å². The van der Waals surface area contributed by atoms with Crippen LogP contribution in [0.3, 0.4) is 0 Å². The zero-order valence-corrected chi connectivity index (χ0v) is 9.89. The molecule has 15 heavy (non-hydrogen) atoms. The Morgan fingerprint density at radius 3 is 2.00 bits per heavy atom. The summed E-state index contributed by atoms with van der Waals surface area (Å²) in [5.41, 5.74) is 1.52. The minimum absolute atomic E-state index is 0.138. The molecule has 0 aromatic heterocycles. The van der Waals surface area contributed by atoms with Crippen molar-refractivity contribution in [2.24, 2.45) is 0 Å². The zero-order valence-electron chi connectivity index (χ0n) is 9.89. The molecule has 0 aromatic rings. The normalized spacial score (nSPS) is 34.5. The van der Waals surface area contributed by atoms with Gasteiger partial charge in [0.05, 0.1) is 6.61 Å². The lowest BCUT2D eigenvalue weighted by Gasteiger charge is -2.16. The van der Waals surface area contributed by atoms with Crippen molar-refractivity contribution in [3.63, 3.8) is 0 Å². The molecule has 1 unspecified atom stereocenters. The van der Waals surface area contributed by atoms with Crippen molar-refractivity contribution in [3.05, 3.63) is 12.2 Å². The second-order valence-corrected chi connectivity index (χ2v) is 5.21. The van der Waals surface area contributed by atoms with Crippen LogP contribution in [0.1, 0.15) is 64.2 Å². The van der Waals surface area contributed by atoms with Crippen molar-refractivity contribution in [2.75, 3.05) is 6.61 Å². The molecule has 1 aliphatic heterocycles. The highest BCUT2D eigenvalue weighted by Crippen LogP contribution is 2.41. The van der Waals surface area contributed by atoms with Gasteiger partial charge in [-0.2, -0.15) is 0 Å². The van der Waals surface area contributed by atoms with Crippen LogP contribution in [0.2, 0.25) is 0 Å². The van der Waals surface area contributed by atoms with Crippen molar-refractivity contribution in [1.29, 1.82) is 0 Å². The summed E-state index contributed by atoms with van der Waals surface area (Å²) in [6, 6.07) is 0. The Morgan fingerprint density at radius 2 is 1.40 bits per heavy atom. The monoisotopic (exact) mass is 208 g/mol. The van der Waals surface area contributed by atoms with Crippen LogP contribution in [0, 0.1) is 0 Å². The predicted molar refractivity (Wildman–Crippen MR) is 64.0 cm³/mol. The van der Waals surface area contributed by atoms with E-state index in [4.69, 9.17) is 4.74 Å². The number of ether oxygens (including phenoxy) is 1. The van der Waals surface area contributed by atoms with Gasteiger partial charge in [0.2, 0.25) is 0 Å². The van der Waals surface area contributed by atoms with E-state index in [0.717, 1.165) is 6.61 Å². The van der Waals surface area contributed by atoms with Gasteiger partial charge in [0.1, 0.15) is 5.60 Å². The topological polar surface area (TPSA) is 12.5 Å². The summed E-state index contributed by atoms with van der Waals surface area (Å²) in [6.45, 7) is 5.18. The van der Waals surface area contributed by atoms with Crippen molar-refractivity contribution >= 4 is 0 Å². The van der Waals surface area contributed by atoms with Gasteiger partial charge in [0.15, 0.2) is 0 Å². The number of hydrogen-bond donors (Lipinski definition) is 0. The Balaban J connectivity index is 1.83. The van der Waals surface area contributed by atoms with Crippen molar-refractivity contribution in [1.82, 2.24) is 0 Å². The van der Waals surface area contributed by atoms with Crippen molar-refractivity contribution in [3.8, 4) is 0 Å². The van der Waals surface area contributed by atoms with Gasteiger partial charge in [0, 0.05) is 0 Å². The average molecular weight is 208 g/mol. The van der Waals surface area contributed by atoms with Crippen LogP contribution in [-0.4, -0.2) is 12.2 Å². The minimum atomic E-state index is 0.138. The first kappa shape index (κ1) is 11.2. The molecule has 86 valence electrons. The number of hydrogen-bond acceptors (Lipinski definition) is 1. The third kappa shape index (κ3) is 3.07. The lowest BCUT2D eigenvalue weighted by atomic mass is 9.90. The molecule has 1 heterocycles. The maximum absolute atomic E-state index is 5.65. The van der Waals surface area contributed by atoms with Crippen LogP contribution in [0.4, 0.5) is 0 Å². The summed E-state index contributed by atoms with van der Waals surface area (Å²) in [7, 11) is 0. The van der Waals surface area contributed by atoms with Gasteiger partial charge >= 0.3 is 0 Å². The predicted octanol–water partition coefficient (Wildman–Crippen LogP) is 4.23. The van der Waals surface area contributed by atoms with Crippen LogP contribution in [-0.2, 0) is 4.74 Å². The third-order valence-electron chi connectivity index (χ3n) is 3.95. The first-order chi connectivity index (χ1) is 7.33. The zero-order chi connectivity index (χ0) is 10.6. The Labute approximate surface area is 93.9 Å². The molecule has 1 heteroatoms. The minimum Gasteiger partial charge on any atom is -0.365 e. The van der Waals surface area contributed by atoms with E-state index in [1.165, 1.54) is 69.8 Å². The SMILES string of the molecule is C=C1CCCCCCCCCCC12CO2. The molecule has 1 saturated carbocycles. The number of epoxide rings is 1. The average Bonchev–Trinajstić information content (AvgIpc) is 3.00. The Morgan fingerprint density at radius 1 is 0.867 bits per heavy atom. The summed E-state index contributed by atoms with van der Waals surface area (Å²) in [5.74, 6) is 0. The highest BCUT2D eigenvalue weighted by atomic mass is 16.6. The molecule has 0 aromatic carbocycles. The molecule has 1 spiro atoms. The molecule has 1 nitrogen and oxygen atoms in total. The van der Waals surface area contributed by atoms with Gasteiger partial charge in [0.25, 0.3) is 0 Å². The third-order valence-corrected chi connectivity index (χ3v) is 3.95. The molecule has 0 N–H and O–H groups in total. The van der Waals surface area contributed by atoms with Gasteiger partial charge < -0.3 is 4.74 Å². The fraction of sp³-hybridized carbons (Fsp3) is 0.857. The second-order valence-electron chi connectivity index (χ2n) is 5.21. The largest absolute Gasteiger partial charge is 0.365 e. The molecule has 0 radical (unpaired) electrons. The van der Waals surface area contributed by atoms with Crippen LogP contribution in [0.15, 0.2) is 12.2 Å². The summed E-state index contributed by atoms with van der Waals surface area (Å²) < 4.78 is 5.65. The van der Waals surface area contributed by atoms with E-state index in [2.05, 4.69) is 6.58 Å². The van der Waals surface area contributed by atoms with Crippen LogP contribution in [0.25, 0.3) is 0 Å². The van der Waals surface area contributed by atoms with E-state index in [-0.39, 0.29) is 5.60 Å². The van der Waals surface area contributed by atoms with E-state index in [1.54, 1.807) is 0 Å². The van der Waals surface area contributed by atoms with Crippen LogP contribution < -0.4 is 0 Å².